The third-order valence-electron chi connectivity index (χ3n) is 6.15. The van der Waals surface area contributed by atoms with E-state index in [0.717, 1.165) is 48.6 Å². The van der Waals surface area contributed by atoms with Crippen molar-refractivity contribution < 1.29 is 19.3 Å². The van der Waals surface area contributed by atoms with Gasteiger partial charge in [0, 0.05) is 41.2 Å². The summed E-state index contributed by atoms with van der Waals surface area (Å²) in [6, 6.07) is 6.26. The summed E-state index contributed by atoms with van der Waals surface area (Å²) in [6.07, 6.45) is 4.09. The summed E-state index contributed by atoms with van der Waals surface area (Å²) in [4.78, 5) is 2.27. The minimum Gasteiger partial charge on any atom is -0.490 e. The Kier molecular flexibility index (Phi) is 5.19. The van der Waals surface area contributed by atoms with E-state index in [1.807, 2.05) is 6.20 Å². The normalized spacial score (nSPS) is 22.9. The van der Waals surface area contributed by atoms with Crippen molar-refractivity contribution in [2.24, 2.45) is 10.8 Å². The van der Waals surface area contributed by atoms with Crippen LogP contribution in [0.25, 0.3) is 11.3 Å². The Bertz CT molecular complexity index is 923. The summed E-state index contributed by atoms with van der Waals surface area (Å²) < 4.78 is 19.7. The van der Waals surface area contributed by atoms with Crippen LogP contribution >= 0.6 is 0 Å². The van der Waals surface area contributed by atoms with Gasteiger partial charge in [-0.1, -0.05) is 26.0 Å². The second-order valence-corrected chi connectivity index (χ2v) is 10.4. The molecule has 0 unspecified atom stereocenters. The van der Waals surface area contributed by atoms with Gasteiger partial charge >= 0.3 is 0 Å². The lowest BCUT2D eigenvalue weighted by Gasteiger charge is -2.48. The van der Waals surface area contributed by atoms with Crippen LogP contribution < -0.4 is 9.64 Å². The Labute approximate surface area is 183 Å². The molecule has 2 aliphatic heterocycles. The van der Waals surface area contributed by atoms with Crippen molar-refractivity contribution in [2.45, 2.75) is 52.6 Å². The van der Waals surface area contributed by atoms with Gasteiger partial charge in [-0.25, -0.2) is 4.68 Å². The molecule has 1 aromatic carbocycles. The molecule has 0 amide bonds. The standard InChI is InChI=1S/C23H32N4O4/c1-22(2)14-29-21(30-15-22)10-27-9-19(24-25-27)18-7-4-16(8-20(18)31-17-5-6-17)26-11-23(3,12-26)13-28/h4,7-9,17,21,28H,5-6,10-15H2,1-3H3. The highest BCUT2D eigenvalue weighted by Crippen LogP contribution is 2.40. The highest BCUT2D eigenvalue weighted by molar-refractivity contribution is 5.71. The summed E-state index contributed by atoms with van der Waals surface area (Å²) in [5.41, 5.74) is 2.87. The lowest BCUT2D eigenvalue weighted by atomic mass is 9.82. The molecule has 1 aliphatic carbocycles. The third-order valence-corrected chi connectivity index (χ3v) is 6.15. The van der Waals surface area contributed by atoms with Crippen LogP contribution in [0, 0.1) is 10.8 Å². The van der Waals surface area contributed by atoms with E-state index in [1.165, 1.54) is 0 Å². The molecule has 1 saturated carbocycles. The van der Waals surface area contributed by atoms with E-state index >= 15 is 0 Å². The zero-order valence-electron chi connectivity index (χ0n) is 18.6. The molecule has 5 rings (SSSR count). The molecular formula is C23H32N4O4. The molecule has 0 radical (unpaired) electrons. The van der Waals surface area contributed by atoms with E-state index < -0.39 is 0 Å². The molecule has 8 heteroatoms. The van der Waals surface area contributed by atoms with Gasteiger partial charge in [0.2, 0.25) is 0 Å². The van der Waals surface area contributed by atoms with Crippen molar-refractivity contribution in [1.82, 2.24) is 15.0 Å². The number of aliphatic hydroxyl groups excluding tert-OH is 1. The van der Waals surface area contributed by atoms with Gasteiger partial charge in [0.25, 0.3) is 0 Å². The van der Waals surface area contributed by atoms with Gasteiger partial charge in [0.05, 0.1) is 38.7 Å². The van der Waals surface area contributed by atoms with E-state index in [2.05, 4.69) is 54.2 Å². The second-order valence-electron chi connectivity index (χ2n) is 10.4. The maximum Gasteiger partial charge on any atom is 0.177 e. The van der Waals surface area contributed by atoms with E-state index in [4.69, 9.17) is 14.2 Å². The minimum atomic E-state index is -0.306. The Balaban J connectivity index is 1.31. The fourth-order valence-electron chi connectivity index (χ4n) is 4.04. The molecule has 8 nitrogen and oxygen atoms in total. The van der Waals surface area contributed by atoms with Gasteiger partial charge < -0.3 is 24.2 Å². The summed E-state index contributed by atoms with van der Waals surface area (Å²) in [5, 5.41) is 18.2. The van der Waals surface area contributed by atoms with Crippen LogP contribution in [-0.4, -0.2) is 65.4 Å². The first-order chi connectivity index (χ1) is 14.8. The summed E-state index contributed by atoms with van der Waals surface area (Å²) >= 11 is 0. The fraction of sp³-hybridized carbons (Fsp3) is 0.652. The van der Waals surface area contributed by atoms with Crippen molar-refractivity contribution >= 4 is 5.69 Å². The quantitative estimate of drug-likeness (QED) is 0.726. The van der Waals surface area contributed by atoms with Gasteiger partial charge in [-0.05, 0) is 25.0 Å². The van der Waals surface area contributed by atoms with Crippen LogP contribution in [0.15, 0.2) is 24.4 Å². The van der Waals surface area contributed by atoms with Crippen LogP contribution in [0.4, 0.5) is 5.69 Å². The average molecular weight is 429 g/mol. The van der Waals surface area contributed by atoms with Gasteiger partial charge in [0.1, 0.15) is 11.4 Å². The van der Waals surface area contributed by atoms with Gasteiger partial charge in [-0.3, -0.25) is 0 Å². The van der Waals surface area contributed by atoms with Crippen molar-refractivity contribution in [3.05, 3.63) is 24.4 Å². The largest absolute Gasteiger partial charge is 0.490 e. The van der Waals surface area contributed by atoms with Crippen molar-refractivity contribution in [3.8, 4) is 17.0 Å². The molecular weight excluding hydrogens is 396 g/mol. The number of ether oxygens (including phenoxy) is 3. The van der Waals surface area contributed by atoms with Crippen LogP contribution in [0.2, 0.25) is 0 Å². The zero-order valence-corrected chi connectivity index (χ0v) is 18.6. The number of benzene rings is 1. The first kappa shape index (κ1) is 20.7. The smallest absolute Gasteiger partial charge is 0.177 e. The number of hydrogen-bond acceptors (Lipinski definition) is 7. The number of nitrogens with zero attached hydrogens (tertiary/aromatic N) is 4. The lowest BCUT2D eigenvalue weighted by molar-refractivity contribution is -0.227. The molecule has 0 atom stereocenters. The second kappa shape index (κ2) is 7.76. The first-order valence-corrected chi connectivity index (χ1v) is 11.1. The fourth-order valence-corrected chi connectivity index (χ4v) is 4.04. The number of aliphatic hydroxyl groups is 1. The van der Waals surface area contributed by atoms with Crippen LogP contribution in [-0.2, 0) is 16.0 Å². The molecule has 0 bridgehead atoms. The van der Waals surface area contributed by atoms with Crippen LogP contribution in [0.1, 0.15) is 33.6 Å². The monoisotopic (exact) mass is 428 g/mol. The van der Waals surface area contributed by atoms with Crippen LogP contribution in [0.3, 0.4) is 0 Å². The molecule has 31 heavy (non-hydrogen) atoms. The zero-order chi connectivity index (χ0) is 21.6. The number of aromatic nitrogens is 3. The first-order valence-electron chi connectivity index (χ1n) is 11.1. The van der Waals surface area contributed by atoms with E-state index in [1.54, 1.807) is 4.68 Å². The molecule has 2 saturated heterocycles. The van der Waals surface area contributed by atoms with Crippen molar-refractivity contribution in [2.75, 3.05) is 37.8 Å². The number of anilines is 1. The van der Waals surface area contributed by atoms with Crippen LogP contribution in [0.5, 0.6) is 5.75 Å². The minimum absolute atomic E-state index is 0.0165. The molecule has 3 heterocycles. The molecule has 1 N–H and O–H groups in total. The van der Waals surface area contributed by atoms with Crippen molar-refractivity contribution in [3.63, 3.8) is 0 Å². The van der Waals surface area contributed by atoms with Gasteiger partial charge in [-0.2, -0.15) is 0 Å². The average Bonchev–Trinajstić information content (AvgIpc) is 3.42. The van der Waals surface area contributed by atoms with E-state index in [-0.39, 0.29) is 29.8 Å². The predicted octanol–water partition coefficient (Wildman–Crippen LogP) is 2.70. The van der Waals surface area contributed by atoms with E-state index in [0.29, 0.717) is 19.8 Å². The Morgan fingerprint density at radius 1 is 1.16 bits per heavy atom. The summed E-state index contributed by atoms with van der Waals surface area (Å²) in [7, 11) is 0. The van der Waals surface area contributed by atoms with Crippen molar-refractivity contribution in [1.29, 1.82) is 0 Å². The highest BCUT2D eigenvalue weighted by atomic mass is 16.7. The number of rotatable bonds is 7. The Morgan fingerprint density at radius 3 is 2.58 bits per heavy atom. The summed E-state index contributed by atoms with van der Waals surface area (Å²) in [6.45, 7) is 10.1. The Hall–Kier alpha value is -2.16. The van der Waals surface area contributed by atoms with E-state index in [9.17, 15) is 5.11 Å². The molecule has 1 aromatic heterocycles. The lowest BCUT2D eigenvalue weighted by Crippen LogP contribution is -2.56. The van der Waals surface area contributed by atoms with Gasteiger partial charge in [-0.15, -0.1) is 5.10 Å². The molecule has 3 fully saturated rings. The maximum atomic E-state index is 9.54. The third kappa shape index (κ3) is 4.56. The highest BCUT2D eigenvalue weighted by Gasteiger charge is 2.38. The summed E-state index contributed by atoms with van der Waals surface area (Å²) in [5.74, 6) is 0.844. The molecule has 3 aliphatic rings. The molecule has 2 aromatic rings. The number of hydrogen-bond donors (Lipinski definition) is 1. The SMILES string of the molecule is CC1(C)COC(Cn2cc(-c3ccc(N4CC(C)(CO)C4)cc3OC3CC3)nn2)OC1. The maximum absolute atomic E-state index is 9.54. The molecule has 0 spiro atoms. The Morgan fingerprint density at radius 2 is 1.90 bits per heavy atom. The molecule has 168 valence electrons. The predicted molar refractivity (Wildman–Crippen MR) is 116 cm³/mol. The van der Waals surface area contributed by atoms with Gasteiger partial charge in [0.15, 0.2) is 6.29 Å². The topological polar surface area (TPSA) is 81.9 Å².